The minimum atomic E-state index is 0.209. The Morgan fingerprint density at radius 3 is 2.79 bits per heavy atom. The number of aromatic nitrogens is 2. The average molecular weight is 215 g/mol. The van der Waals surface area contributed by atoms with Gasteiger partial charge in [-0.15, -0.1) is 0 Å². The monoisotopic (exact) mass is 214 g/mol. The summed E-state index contributed by atoms with van der Waals surface area (Å²) < 4.78 is 0. The Hall–Kier alpha value is -0.870. The molecule has 0 aliphatic rings. The van der Waals surface area contributed by atoms with E-state index in [4.69, 9.17) is 17.3 Å². The van der Waals surface area contributed by atoms with Crippen molar-refractivity contribution in [3.63, 3.8) is 0 Å². The van der Waals surface area contributed by atoms with E-state index in [-0.39, 0.29) is 11.3 Å². The summed E-state index contributed by atoms with van der Waals surface area (Å²) in [5.74, 6) is 1.17. The fourth-order valence-corrected chi connectivity index (χ4v) is 1.25. The van der Waals surface area contributed by atoms with Gasteiger partial charge >= 0.3 is 0 Å². The van der Waals surface area contributed by atoms with Gasteiger partial charge in [0.05, 0.1) is 0 Å². The van der Waals surface area contributed by atoms with Crippen molar-refractivity contribution in [1.29, 1.82) is 0 Å². The summed E-state index contributed by atoms with van der Waals surface area (Å²) >= 11 is 5.66. The molecular weight excluding hydrogens is 200 g/mol. The van der Waals surface area contributed by atoms with Crippen molar-refractivity contribution in [3.8, 4) is 0 Å². The van der Waals surface area contributed by atoms with Crippen LogP contribution in [0.2, 0.25) is 5.28 Å². The Morgan fingerprint density at radius 2 is 2.29 bits per heavy atom. The van der Waals surface area contributed by atoms with E-state index in [1.165, 1.54) is 0 Å². The summed E-state index contributed by atoms with van der Waals surface area (Å²) in [4.78, 5) is 7.83. The zero-order chi connectivity index (χ0) is 10.6. The number of nitrogens with two attached hydrogens (primary N) is 1. The van der Waals surface area contributed by atoms with Crippen molar-refractivity contribution in [2.75, 3.05) is 11.9 Å². The Labute approximate surface area is 88.9 Å². The lowest BCUT2D eigenvalue weighted by atomic mass is 10.1. The van der Waals surface area contributed by atoms with Gasteiger partial charge < -0.3 is 11.1 Å². The molecule has 78 valence electrons. The van der Waals surface area contributed by atoms with E-state index in [1.54, 1.807) is 12.3 Å². The SMILES string of the molecule is CC(C)[C@@H](CN)Nc1ccnc(Cl)n1. The highest BCUT2D eigenvalue weighted by Crippen LogP contribution is 2.10. The molecule has 0 radical (unpaired) electrons. The number of nitrogens with zero attached hydrogens (tertiary/aromatic N) is 2. The molecule has 0 amide bonds. The van der Waals surface area contributed by atoms with Crippen LogP contribution in [0.15, 0.2) is 12.3 Å². The average Bonchev–Trinajstić information content (AvgIpc) is 2.14. The molecule has 1 rings (SSSR count). The highest BCUT2D eigenvalue weighted by Gasteiger charge is 2.11. The third-order valence-electron chi connectivity index (χ3n) is 2.02. The van der Waals surface area contributed by atoms with Crippen LogP contribution in [0.1, 0.15) is 13.8 Å². The van der Waals surface area contributed by atoms with Gasteiger partial charge in [-0.25, -0.2) is 9.97 Å². The normalized spacial score (nSPS) is 12.9. The summed E-state index contributed by atoms with van der Waals surface area (Å²) in [6.07, 6.45) is 1.62. The van der Waals surface area contributed by atoms with Crippen molar-refractivity contribution in [3.05, 3.63) is 17.5 Å². The van der Waals surface area contributed by atoms with Crippen molar-refractivity contribution in [2.45, 2.75) is 19.9 Å². The molecule has 14 heavy (non-hydrogen) atoms. The Morgan fingerprint density at radius 1 is 1.57 bits per heavy atom. The van der Waals surface area contributed by atoms with Crippen LogP contribution in [0, 0.1) is 5.92 Å². The quantitative estimate of drug-likeness (QED) is 0.747. The van der Waals surface area contributed by atoms with E-state index >= 15 is 0 Å². The second-order valence-corrected chi connectivity index (χ2v) is 3.78. The molecule has 0 saturated carbocycles. The van der Waals surface area contributed by atoms with E-state index in [2.05, 4.69) is 29.1 Å². The molecule has 1 aromatic rings. The lowest BCUT2D eigenvalue weighted by Gasteiger charge is -2.20. The zero-order valence-electron chi connectivity index (χ0n) is 8.37. The minimum Gasteiger partial charge on any atom is -0.366 e. The topological polar surface area (TPSA) is 63.8 Å². The lowest BCUT2D eigenvalue weighted by molar-refractivity contribution is 0.530. The van der Waals surface area contributed by atoms with Gasteiger partial charge in [-0.1, -0.05) is 13.8 Å². The lowest BCUT2D eigenvalue weighted by Crippen LogP contribution is -2.34. The summed E-state index contributed by atoms with van der Waals surface area (Å²) in [6.45, 7) is 4.78. The standard InChI is InChI=1S/C9H15ClN4/c1-6(2)7(5-11)13-8-3-4-12-9(10)14-8/h3-4,6-7H,5,11H2,1-2H3,(H,12,13,14)/t7-/m1/s1. The molecule has 0 aromatic carbocycles. The van der Waals surface area contributed by atoms with E-state index in [1.807, 2.05) is 0 Å². The van der Waals surface area contributed by atoms with Crippen LogP contribution in [0.3, 0.4) is 0 Å². The molecule has 3 N–H and O–H groups in total. The van der Waals surface area contributed by atoms with E-state index in [0.29, 0.717) is 18.3 Å². The first-order chi connectivity index (χ1) is 6.63. The maximum absolute atomic E-state index is 5.66. The maximum atomic E-state index is 5.66. The molecular formula is C9H15ClN4. The van der Waals surface area contributed by atoms with E-state index in [0.717, 1.165) is 0 Å². The molecule has 0 unspecified atom stereocenters. The smallest absolute Gasteiger partial charge is 0.224 e. The van der Waals surface area contributed by atoms with Crippen LogP contribution < -0.4 is 11.1 Å². The zero-order valence-corrected chi connectivity index (χ0v) is 9.12. The molecule has 5 heteroatoms. The second kappa shape index (κ2) is 5.12. The second-order valence-electron chi connectivity index (χ2n) is 3.44. The maximum Gasteiger partial charge on any atom is 0.224 e. The Bertz CT molecular complexity index is 290. The van der Waals surface area contributed by atoms with Crippen LogP contribution in [0.4, 0.5) is 5.82 Å². The first-order valence-electron chi connectivity index (χ1n) is 4.58. The number of anilines is 1. The van der Waals surface area contributed by atoms with Gasteiger partial charge in [0.15, 0.2) is 0 Å². The molecule has 0 aliphatic heterocycles. The molecule has 0 bridgehead atoms. The van der Waals surface area contributed by atoms with Crippen LogP contribution in [0.5, 0.6) is 0 Å². The summed E-state index contributed by atoms with van der Waals surface area (Å²) in [5, 5.41) is 3.45. The van der Waals surface area contributed by atoms with E-state index in [9.17, 15) is 0 Å². The van der Waals surface area contributed by atoms with Gasteiger partial charge in [0.25, 0.3) is 0 Å². The van der Waals surface area contributed by atoms with Gasteiger partial charge in [0.1, 0.15) is 5.82 Å². The predicted molar refractivity (Wildman–Crippen MR) is 58.3 cm³/mol. The number of rotatable bonds is 4. The number of nitrogens with one attached hydrogen (secondary N) is 1. The summed E-state index contributed by atoms with van der Waals surface area (Å²) in [7, 11) is 0. The van der Waals surface area contributed by atoms with Gasteiger partial charge in [-0.3, -0.25) is 0 Å². The van der Waals surface area contributed by atoms with Crippen molar-refractivity contribution in [1.82, 2.24) is 9.97 Å². The molecule has 0 saturated heterocycles. The summed E-state index contributed by atoms with van der Waals surface area (Å²) in [5.41, 5.74) is 5.62. The molecule has 4 nitrogen and oxygen atoms in total. The third kappa shape index (κ3) is 3.12. The Kier molecular flexibility index (Phi) is 4.10. The third-order valence-corrected chi connectivity index (χ3v) is 2.20. The van der Waals surface area contributed by atoms with Gasteiger partial charge in [0, 0.05) is 18.8 Å². The fraction of sp³-hybridized carbons (Fsp3) is 0.556. The number of halogens is 1. The van der Waals surface area contributed by atoms with Crippen LogP contribution in [0.25, 0.3) is 0 Å². The Balaban J connectivity index is 2.67. The first-order valence-corrected chi connectivity index (χ1v) is 4.96. The summed E-state index contributed by atoms with van der Waals surface area (Å²) in [6, 6.07) is 1.98. The number of hydrogen-bond donors (Lipinski definition) is 2. The highest BCUT2D eigenvalue weighted by atomic mass is 35.5. The van der Waals surface area contributed by atoms with Crippen molar-refractivity contribution >= 4 is 17.4 Å². The molecule has 1 atom stereocenters. The van der Waals surface area contributed by atoms with Crippen LogP contribution in [-0.4, -0.2) is 22.6 Å². The van der Waals surface area contributed by atoms with E-state index < -0.39 is 0 Å². The van der Waals surface area contributed by atoms with Gasteiger partial charge in [0.2, 0.25) is 5.28 Å². The molecule has 1 heterocycles. The highest BCUT2D eigenvalue weighted by molar-refractivity contribution is 6.28. The molecule has 0 spiro atoms. The number of hydrogen-bond acceptors (Lipinski definition) is 4. The van der Waals surface area contributed by atoms with Crippen molar-refractivity contribution in [2.24, 2.45) is 11.7 Å². The largest absolute Gasteiger partial charge is 0.366 e. The van der Waals surface area contributed by atoms with Gasteiger partial charge in [-0.05, 0) is 23.6 Å². The molecule has 0 fully saturated rings. The molecule has 0 aliphatic carbocycles. The first kappa shape index (κ1) is 11.2. The predicted octanol–water partition coefficient (Wildman–Crippen LogP) is 1.53. The minimum absolute atomic E-state index is 0.209. The fourth-order valence-electron chi connectivity index (χ4n) is 1.10. The van der Waals surface area contributed by atoms with Crippen molar-refractivity contribution < 1.29 is 0 Å². The van der Waals surface area contributed by atoms with Crippen LogP contribution >= 0.6 is 11.6 Å². The molecule has 1 aromatic heterocycles. The van der Waals surface area contributed by atoms with Gasteiger partial charge in [-0.2, -0.15) is 0 Å². The van der Waals surface area contributed by atoms with Crippen LogP contribution in [-0.2, 0) is 0 Å².